The van der Waals surface area contributed by atoms with Crippen molar-refractivity contribution in [2.45, 2.75) is 64.7 Å². The number of hydrogen-bond acceptors (Lipinski definition) is 3. The van der Waals surface area contributed by atoms with E-state index in [0.29, 0.717) is 5.92 Å². The Balaban J connectivity index is 1.63. The molecule has 1 N–H and O–H groups in total. The fourth-order valence-corrected chi connectivity index (χ4v) is 4.17. The minimum Gasteiger partial charge on any atom is -0.362 e. The Kier molecular flexibility index (Phi) is 6.09. The van der Waals surface area contributed by atoms with Crippen molar-refractivity contribution in [1.82, 2.24) is 14.7 Å². The lowest BCUT2D eigenvalue weighted by Gasteiger charge is -2.28. The first-order chi connectivity index (χ1) is 14.1. The van der Waals surface area contributed by atoms with E-state index >= 15 is 0 Å². The molecule has 5 heteroatoms. The number of allylic oxidation sites excluding steroid dienone is 4. The number of nitrogens with zero attached hydrogens (tertiary/aromatic N) is 3. The van der Waals surface area contributed by atoms with E-state index in [0.717, 1.165) is 29.2 Å². The molecule has 4 nitrogen and oxygen atoms in total. The number of pyridine rings is 1. The van der Waals surface area contributed by atoms with Gasteiger partial charge in [-0.2, -0.15) is 0 Å². The molecule has 0 spiro atoms. The molecule has 1 atom stereocenters. The van der Waals surface area contributed by atoms with E-state index in [9.17, 15) is 0 Å². The van der Waals surface area contributed by atoms with Crippen molar-refractivity contribution in [3.8, 4) is 0 Å². The molecular formula is C24H31ClN4. The molecule has 0 aromatic carbocycles. The van der Waals surface area contributed by atoms with E-state index in [-0.39, 0.29) is 5.92 Å². The van der Waals surface area contributed by atoms with Crippen molar-refractivity contribution in [2.75, 3.05) is 7.05 Å². The fourth-order valence-electron chi connectivity index (χ4n) is 4.00. The minimum atomic E-state index is 0.215. The van der Waals surface area contributed by atoms with Crippen LogP contribution in [0.1, 0.15) is 70.4 Å². The Morgan fingerprint density at radius 2 is 2.14 bits per heavy atom. The molecule has 0 radical (unpaired) electrons. The van der Waals surface area contributed by atoms with Gasteiger partial charge >= 0.3 is 0 Å². The lowest BCUT2D eigenvalue weighted by Crippen LogP contribution is -2.23. The van der Waals surface area contributed by atoms with Gasteiger partial charge in [-0.1, -0.05) is 37.4 Å². The highest BCUT2D eigenvalue weighted by Gasteiger charge is 2.27. The highest BCUT2D eigenvalue weighted by molar-refractivity contribution is 6.30. The van der Waals surface area contributed by atoms with Crippen LogP contribution in [0, 0.1) is 5.92 Å². The number of hydrogen-bond donors (Lipinski definition) is 1. The highest BCUT2D eigenvalue weighted by Crippen LogP contribution is 2.36. The lowest BCUT2D eigenvalue weighted by molar-refractivity contribution is 0.606. The van der Waals surface area contributed by atoms with Crippen LogP contribution in [0.15, 0.2) is 52.6 Å². The molecule has 0 aliphatic heterocycles. The van der Waals surface area contributed by atoms with Crippen molar-refractivity contribution < 1.29 is 0 Å². The van der Waals surface area contributed by atoms with Crippen LogP contribution < -0.4 is 5.32 Å². The van der Waals surface area contributed by atoms with Crippen LogP contribution in [-0.4, -0.2) is 22.1 Å². The second-order valence-electron chi connectivity index (χ2n) is 8.34. The molecule has 2 aliphatic carbocycles. The van der Waals surface area contributed by atoms with Gasteiger partial charge in [0.2, 0.25) is 0 Å². The molecular weight excluding hydrogens is 380 g/mol. The topological polar surface area (TPSA) is 41.7 Å². The van der Waals surface area contributed by atoms with Crippen LogP contribution in [0.4, 0.5) is 0 Å². The first-order valence-electron chi connectivity index (χ1n) is 10.9. The summed E-state index contributed by atoms with van der Waals surface area (Å²) in [6.45, 7) is 4.50. The Labute approximate surface area is 178 Å². The van der Waals surface area contributed by atoms with Gasteiger partial charge in [0, 0.05) is 48.4 Å². The second kappa shape index (κ2) is 8.74. The van der Waals surface area contributed by atoms with Crippen molar-refractivity contribution in [1.29, 1.82) is 0 Å². The third kappa shape index (κ3) is 4.58. The Morgan fingerprint density at radius 1 is 1.34 bits per heavy atom. The predicted octanol–water partition coefficient (Wildman–Crippen LogP) is 6.28. The number of aromatic nitrogens is 2. The van der Waals surface area contributed by atoms with Crippen LogP contribution in [0.5, 0.6) is 0 Å². The van der Waals surface area contributed by atoms with Gasteiger partial charge < -0.3 is 9.72 Å². The lowest BCUT2D eigenvalue weighted by atomic mass is 9.85. The SMILES string of the molecule is CCC/C(=C\C(=NC)C1CC1)NC(=C1CCC1)C(C)c1cn2cc(Cl)ccc2n1. The zero-order valence-electron chi connectivity index (χ0n) is 17.7. The molecule has 0 bridgehead atoms. The second-order valence-corrected chi connectivity index (χ2v) is 8.77. The van der Waals surface area contributed by atoms with Gasteiger partial charge in [0.15, 0.2) is 0 Å². The first kappa shape index (κ1) is 20.2. The minimum absolute atomic E-state index is 0.215. The number of nitrogens with one attached hydrogen (secondary N) is 1. The summed E-state index contributed by atoms with van der Waals surface area (Å²) in [5.74, 6) is 0.876. The summed E-state index contributed by atoms with van der Waals surface area (Å²) in [5, 5.41) is 4.57. The van der Waals surface area contributed by atoms with Crippen molar-refractivity contribution in [3.05, 3.63) is 58.3 Å². The summed E-state index contributed by atoms with van der Waals surface area (Å²) in [7, 11) is 1.92. The molecule has 154 valence electrons. The average Bonchev–Trinajstić information content (AvgIpc) is 3.42. The number of imidazole rings is 1. The van der Waals surface area contributed by atoms with E-state index in [4.69, 9.17) is 16.6 Å². The predicted molar refractivity (Wildman–Crippen MR) is 122 cm³/mol. The molecule has 29 heavy (non-hydrogen) atoms. The molecule has 0 amide bonds. The summed E-state index contributed by atoms with van der Waals surface area (Å²) < 4.78 is 2.02. The highest BCUT2D eigenvalue weighted by atomic mass is 35.5. The average molecular weight is 411 g/mol. The van der Waals surface area contributed by atoms with E-state index < -0.39 is 0 Å². The summed E-state index contributed by atoms with van der Waals surface area (Å²) >= 11 is 6.16. The fraction of sp³-hybridized carbons (Fsp3) is 0.500. The van der Waals surface area contributed by atoms with Crippen LogP contribution in [0.25, 0.3) is 5.65 Å². The summed E-state index contributed by atoms with van der Waals surface area (Å²) in [6, 6.07) is 3.87. The smallest absolute Gasteiger partial charge is 0.137 e. The standard InChI is InChI=1S/C24H31ClN4/c1-4-6-20(13-21(26-3)17-9-10-17)27-24(18-7-5-8-18)16(2)22-15-29-14-19(25)11-12-23(29)28-22/h11-17,27H,4-10H2,1-3H3/b20-13+,26-21?. The maximum absolute atomic E-state index is 6.16. The summed E-state index contributed by atoms with van der Waals surface area (Å²) in [5.41, 5.74) is 7.42. The Morgan fingerprint density at radius 3 is 2.76 bits per heavy atom. The largest absolute Gasteiger partial charge is 0.362 e. The van der Waals surface area contributed by atoms with Gasteiger partial charge in [-0.3, -0.25) is 4.99 Å². The Bertz CT molecular complexity index is 972. The maximum Gasteiger partial charge on any atom is 0.137 e. The van der Waals surface area contributed by atoms with Gasteiger partial charge in [0.1, 0.15) is 5.65 Å². The van der Waals surface area contributed by atoms with E-state index in [1.54, 1.807) is 0 Å². The number of fused-ring (bicyclic) bond motifs is 1. The summed E-state index contributed by atoms with van der Waals surface area (Å²) in [4.78, 5) is 9.43. The molecule has 2 aromatic heterocycles. The van der Waals surface area contributed by atoms with Crippen molar-refractivity contribution in [2.24, 2.45) is 10.9 Å². The van der Waals surface area contributed by atoms with Crippen LogP contribution in [0.3, 0.4) is 0 Å². The quantitative estimate of drug-likeness (QED) is 0.520. The third-order valence-electron chi connectivity index (χ3n) is 6.04. The normalized spacial score (nSPS) is 18.7. The molecule has 2 heterocycles. The molecule has 0 saturated heterocycles. The first-order valence-corrected chi connectivity index (χ1v) is 11.3. The molecule has 2 aliphatic rings. The molecule has 4 rings (SSSR count). The molecule has 2 fully saturated rings. The van der Waals surface area contributed by atoms with Gasteiger partial charge in [-0.05, 0) is 56.7 Å². The van der Waals surface area contributed by atoms with E-state index in [1.807, 2.05) is 29.8 Å². The van der Waals surface area contributed by atoms with Crippen LogP contribution in [0.2, 0.25) is 5.02 Å². The molecule has 1 unspecified atom stereocenters. The van der Waals surface area contributed by atoms with Crippen molar-refractivity contribution >= 4 is 23.0 Å². The zero-order valence-corrected chi connectivity index (χ0v) is 18.5. The number of aliphatic imine (C=N–C) groups is 1. The van der Waals surface area contributed by atoms with Gasteiger partial charge in [0.25, 0.3) is 0 Å². The van der Waals surface area contributed by atoms with Crippen molar-refractivity contribution in [3.63, 3.8) is 0 Å². The number of rotatable bonds is 8. The Hall–Kier alpha value is -2.07. The maximum atomic E-state index is 6.16. The van der Waals surface area contributed by atoms with Gasteiger partial charge in [-0.25, -0.2) is 4.98 Å². The number of halogens is 1. The molecule has 2 saturated carbocycles. The summed E-state index contributed by atoms with van der Waals surface area (Å²) in [6.07, 6.45) is 14.7. The van der Waals surface area contributed by atoms with Crippen LogP contribution in [-0.2, 0) is 0 Å². The zero-order chi connectivity index (χ0) is 20.4. The van der Waals surface area contributed by atoms with Gasteiger partial charge in [0.05, 0.1) is 10.7 Å². The molecule has 2 aromatic rings. The monoisotopic (exact) mass is 410 g/mol. The van der Waals surface area contributed by atoms with Gasteiger partial charge in [-0.15, -0.1) is 0 Å². The third-order valence-corrected chi connectivity index (χ3v) is 6.26. The van der Waals surface area contributed by atoms with E-state index in [2.05, 4.69) is 36.4 Å². The van der Waals surface area contributed by atoms with Crippen LogP contribution >= 0.6 is 11.6 Å². The van der Waals surface area contributed by atoms with E-state index in [1.165, 1.54) is 54.8 Å².